The predicted octanol–water partition coefficient (Wildman–Crippen LogP) is 2.94. The molecule has 1 aromatic rings. The van der Waals surface area contributed by atoms with Gasteiger partial charge in [-0.2, -0.15) is 0 Å². The highest BCUT2D eigenvalue weighted by Gasteiger charge is 2.27. The van der Waals surface area contributed by atoms with Gasteiger partial charge < -0.3 is 0 Å². The summed E-state index contributed by atoms with van der Waals surface area (Å²) in [4.78, 5) is 0. The summed E-state index contributed by atoms with van der Waals surface area (Å²) < 4.78 is 24.2. The van der Waals surface area contributed by atoms with E-state index in [1.54, 1.807) is 17.5 Å². The molecular weight excluding hydrogens is 284 g/mol. The van der Waals surface area contributed by atoms with E-state index < -0.39 is 9.84 Å². The maximum atomic E-state index is 11.9. The zero-order valence-corrected chi connectivity index (χ0v) is 11.4. The molecule has 0 aliphatic rings. The van der Waals surface area contributed by atoms with E-state index in [4.69, 9.17) is 0 Å². The third-order valence-corrected chi connectivity index (χ3v) is 6.88. The predicted molar refractivity (Wildman–Crippen MR) is 63.9 cm³/mol. The minimum atomic E-state index is -3.10. The Morgan fingerprint density at radius 3 is 2.57 bits per heavy atom. The smallest absolute Gasteiger partial charge is 0.188 e. The standard InChI is InChI=1S/C9H13BrO2S2/c1-9(2,6-10)7-14(11,12)8-4-3-5-13-8/h3-5H,6-7H2,1-2H3. The maximum Gasteiger partial charge on any atom is 0.188 e. The Balaban J connectivity index is 2.89. The van der Waals surface area contributed by atoms with E-state index in [1.165, 1.54) is 11.3 Å². The molecule has 1 aromatic heterocycles. The summed E-state index contributed by atoms with van der Waals surface area (Å²) in [5.41, 5.74) is -0.219. The summed E-state index contributed by atoms with van der Waals surface area (Å²) in [5.74, 6) is 0.186. The Bertz CT molecular complexity index is 379. The van der Waals surface area contributed by atoms with Crippen LogP contribution >= 0.6 is 27.3 Å². The van der Waals surface area contributed by atoms with Gasteiger partial charge in [0.1, 0.15) is 4.21 Å². The minimum absolute atomic E-state index is 0.186. The number of hydrogen-bond donors (Lipinski definition) is 0. The third-order valence-electron chi connectivity index (χ3n) is 1.74. The fourth-order valence-corrected chi connectivity index (χ4v) is 4.46. The molecule has 5 heteroatoms. The topological polar surface area (TPSA) is 34.1 Å². The van der Waals surface area contributed by atoms with Crippen LogP contribution in [-0.2, 0) is 9.84 Å². The molecule has 0 spiro atoms. The van der Waals surface area contributed by atoms with Crippen LogP contribution in [0.4, 0.5) is 0 Å². The van der Waals surface area contributed by atoms with Crippen LogP contribution in [0.2, 0.25) is 0 Å². The Kier molecular flexibility index (Phi) is 3.77. The summed E-state index contributed by atoms with van der Waals surface area (Å²) in [6, 6.07) is 3.42. The van der Waals surface area contributed by atoms with Gasteiger partial charge >= 0.3 is 0 Å². The van der Waals surface area contributed by atoms with Crippen molar-refractivity contribution in [2.75, 3.05) is 11.1 Å². The van der Waals surface area contributed by atoms with Crippen molar-refractivity contribution in [3.8, 4) is 0 Å². The molecule has 80 valence electrons. The molecule has 1 rings (SSSR count). The lowest BCUT2D eigenvalue weighted by atomic mass is 10.0. The van der Waals surface area contributed by atoms with Crippen LogP contribution in [0.15, 0.2) is 21.7 Å². The van der Waals surface area contributed by atoms with E-state index in [0.29, 0.717) is 9.54 Å². The highest BCUT2D eigenvalue weighted by molar-refractivity contribution is 9.09. The number of halogens is 1. The average molecular weight is 297 g/mol. The largest absolute Gasteiger partial charge is 0.223 e. The SMILES string of the molecule is CC(C)(CBr)CS(=O)(=O)c1cccs1. The van der Waals surface area contributed by atoms with E-state index >= 15 is 0 Å². The highest BCUT2D eigenvalue weighted by Crippen LogP contribution is 2.26. The maximum absolute atomic E-state index is 11.9. The van der Waals surface area contributed by atoms with Gasteiger partial charge in [-0.25, -0.2) is 8.42 Å². The van der Waals surface area contributed by atoms with Crippen molar-refractivity contribution in [1.82, 2.24) is 0 Å². The first-order valence-corrected chi connectivity index (χ1v) is 7.85. The molecule has 0 atom stereocenters. The van der Waals surface area contributed by atoms with Gasteiger partial charge in [-0.1, -0.05) is 35.8 Å². The zero-order chi connectivity index (χ0) is 10.8. The van der Waals surface area contributed by atoms with Crippen molar-refractivity contribution < 1.29 is 8.42 Å². The molecule has 0 bridgehead atoms. The second-order valence-corrected chi connectivity index (χ2v) is 7.71. The van der Waals surface area contributed by atoms with Crippen molar-refractivity contribution in [3.63, 3.8) is 0 Å². The molecule has 0 fully saturated rings. The lowest BCUT2D eigenvalue weighted by molar-refractivity contribution is 0.475. The second kappa shape index (κ2) is 4.33. The summed E-state index contributed by atoms with van der Waals surface area (Å²) in [6.07, 6.45) is 0. The Hall–Kier alpha value is 0.130. The van der Waals surface area contributed by atoms with Crippen LogP contribution in [0.1, 0.15) is 13.8 Å². The van der Waals surface area contributed by atoms with Crippen molar-refractivity contribution in [2.45, 2.75) is 18.1 Å². The summed E-state index contributed by atoms with van der Waals surface area (Å²) in [6.45, 7) is 3.87. The van der Waals surface area contributed by atoms with E-state index in [0.717, 1.165) is 0 Å². The van der Waals surface area contributed by atoms with Crippen LogP contribution in [0, 0.1) is 5.41 Å². The molecule has 0 N–H and O–H groups in total. The molecular formula is C9H13BrO2S2. The van der Waals surface area contributed by atoms with Crippen LogP contribution in [0.3, 0.4) is 0 Å². The fourth-order valence-electron chi connectivity index (χ4n) is 1.06. The molecule has 0 aliphatic heterocycles. The van der Waals surface area contributed by atoms with Gasteiger partial charge in [0, 0.05) is 5.33 Å². The molecule has 0 saturated carbocycles. The van der Waals surface area contributed by atoms with E-state index in [1.807, 2.05) is 13.8 Å². The Labute approximate surface area is 97.4 Å². The first-order chi connectivity index (χ1) is 6.37. The minimum Gasteiger partial charge on any atom is -0.223 e. The molecule has 0 aliphatic carbocycles. The first-order valence-electron chi connectivity index (χ1n) is 4.20. The van der Waals surface area contributed by atoms with E-state index in [-0.39, 0.29) is 11.2 Å². The van der Waals surface area contributed by atoms with Gasteiger partial charge in [-0.15, -0.1) is 11.3 Å². The number of rotatable bonds is 4. The van der Waals surface area contributed by atoms with Crippen LogP contribution in [0.25, 0.3) is 0 Å². The van der Waals surface area contributed by atoms with Crippen LogP contribution < -0.4 is 0 Å². The molecule has 2 nitrogen and oxygen atoms in total. The highest BCUT2D eigenvalue weighted by atomic mass is 79.9. The van der Waals surface area contributed by atoms with Gasteiger partial charge in [0.25, 0.3) is 0 Å². The van der Waals surface area contributed by atoms with Crippen molar-refractivity contribution in [3.05, 3.63) is 17.5 Å². The van der Waals surface area contributed by atoms with Gasteiger partial charge in [0.05, 0.1) is 5.75 Å². The van der Waals surface area contributed by atoms with Gasteiger partial charge in [0.2, 0.25) is 0 Å². The van der Waals surface area contributed by atoms with Crippen molar-refractivity contribution >= 4 is 37.1 Å². The van der Waals surface area contributed by atoms with Crippen LogP contribution in [-0.4, -0.2) is 19.5 Å². The number of sulfone groups is 1. The molecule has 0 radical (unpaired) electrons. The van der Waals surface area contributed by atoms with Gasteiger partial charge in [-0.3, -0.25) is 0 Å². The van der Waals surface area contributed by atoms with E-state index in [2.05, 4.69) is 15.9 Å². The zero-order valence-electron chi connectivity index (χ0n) is 8.16. The van der Waals surface area contributed by atoms with E-state index in [9.17, 15) is 8.42 Å². The van der Waals surface area contributed by atoms with Crippen LogP contribution in [0.5, 0.6) is 0 Å². The molecule has 0 saturated heterocycles. The van der Waals surface area contributed by atoms with Crippen molar-refractivity contribution in [2.24, 2.45) is 5.41 Å². The molecule has 1 heterocycles. The molecule has 0 amide bonds. The Morgan fingerprint density at radius 2 is 2.14 bits per heavy atom. The summed E-state index contributed by atoms with van der Waals surface area (Å²) in [5, 5.41) is 2.47. The molecule has 0 aromatic carbocycles. The number of alkyl halides is 1. The average Bonchev–Trinajstić information content (AvgIpc) is 2.54. The first kappa shape index (κ1) is 12.2. The second-order valence-electron chi connectivity index (χ2n) is 3.99. The summed E-state index contributed by atoms with van der Waals surface area (Å²) >= 11 is 4.60. The van der Waals surface area contributed by atoms with Gasteiger partial charge in [0.15, 0.2) is 9.84 Å². The molecule has 0 unspecified atom stereocenters. The van der Waals surface area contributed by atoms with Gasteiger partial charge in [-0.05, 0) is 16.9 Å². The molecule has 14 heavy (non-hydrogen) atoms. The normalized spacial score (nSPS) is 13.1. The quantitative estimate of drug-likeness (QED) is 0.801. The summed E-state index contributed by atoms with van der Waals surface area (Å²) in [7, 11) is -3.10. The Morgan fingerprint density at radius 1 is 1.50 bits per heavy atom. The lowest BCUT2D eigenvalue weighted by Gasteiger charge is -2.20. The number of thiophene rings is 1. The monoisotopic (exact) mass is 296 g/mol. The lowest BCUT2D eigenvalue weighted by Crippen LogP contribution is -2.25. The third kappa shape index (κ3) is 3.07. The van der Waals surface area contributed by atoms with Crippen molar-refractivity contribution in [1.29, 1.82) is 0 Å². The number of hydrogen-bond acceptors (Lipinski definition) is 3. The fraction of sp³-hybridized carbons (Fsp3) is 0.556.